The molecule has 20 heavy (non-hydrogen) atoms. The predicted molar refractivity (Wildman–Crippen MR) is 82.5 cm³/mol. The van der Waals surface area contributed by atoms with Crippen LogP contribution in [0.5, 0.6) is 0 Å². The number of hydrogen-bond acceptors (Lipinski definition) is 3. The van der Waals surface area contributed by atoms with Gasteiger partial charge in [-0.25, -0.2) is 0 Å². The van der Waals surface area contributed by atoms with Crippen molar-refractivity contribution in [1.82, 2.24) is 5.32 Å². The molecule has 0 bridgehead atoms. The molecule has 0 heterocycles. The third kappa shape index (κ3) is 3.51. The van der Waals surface area contributed by atoms with Gasteiger partial charge in [-0.2, -0.15) is 0 Å². The Morgan fingerprint density at radius 2 is 1.95 bits per heavy atom. The number of nitrogen functional groups attached to an aromatic ring is 1. The van der Waals surface area contributed by atoms with E-state index >= 15 is 0 Å². The molecule has 0 aromatic heterocycles. The Bertz CT molecular complexity index is 486. The summed E-state index contributed by atoms with van der Waals surface area (Å²) in [6.07, 6.45) is 4.49. The SMILES string of the molecule is Cc1cc(NN)ccc1C(=O)NC1CCC(C)(C)CC1. The molecule has 4 nitrogen and oxygen atoms in total. The maximum atomic E-state index is 12.3. The van der Waals surface area contributed by atoms with Gasteiger partial charge in [0.15, 0.2) is 0 Å². The first-order valence-electron chi connectivity index (χ1n) is 7.29. The van der Waals surface area contributed by atoms with Crippen LogP contribution in [-0.2, 0) is 0 Å². The second kappa shape index (κ2) is 5.83. The highest BCUT2D eigenvalue weighted by Crippen LogP contribution is 2.35. The number of amides is 1. The molecular weight excluding hydrogens is 250 g/mol. The molecule has 0 aliphatic heterocycles. The lowest BCUT2D eigenvalue weighted by atomic mass is 9.75. The molecule has 0 unspecified atom stereocenters. The lowest BCUT2D eigenvalue weighted by molar-refractivity contribution is 0.0908. The molecule has 1 fully saturated rings. The second-order valence-electron chi connectivity index (χ2n) is 6.59. The number of hydrazine groups is 1. The zero-order valence-corrected chi connectivity index (χ0v) is 12.6. The van der Waals surface area contributed by atoms with Crippen LogP contribution in [0.25, 0.3) is 0 Å². The molecular formula is C16H25N3O. The van der Waals surface area contributed by atoms with Crippen LogP contribution in [0.3, 0.4) is 0 Å². The first-order valence-corrected chi connectivity index (χ1v) is 7.29. The standard InChI is InChI=1S/C16H25N3O/c1-11-10-13(19-17)4-5-14(11)15(20)18-12-6-8-16(2,3)9-7-12/h4-5,10,12,19H,6-9,17H2,1-3H3,(H,18,20). The molecule has 1 aromatic rings. The molecule has 4 N–H and O–H groups in total. The number of hydrogen-bond donors (Lipinski definition) is 3. The zero-order chi connectivity index (χ0) is 14.8. The summed E-state index contributed by atoms with van der Waals surface area (Å²) in [4.78, 5) is 12.3. The van der Waals surface area contributed by atoms with Crippen molar-refractivity contribution in [3.8, 4) is 0 Å². The van der Waals surface area contributed by atoms with E-state index < -0.39 is 0 Å². The molecule has 1 aliphatic carbocycles. The van der Waals surface area contributed by atoms with Gasteiger partial charge >= 0.3 is 0 Å². The quantitative estimate of drug-likeness (QED) is 0.587. The van der Waals surface area contributed by atoms with E-state index in [0.717, 1.165) is 29.7 Å². The molecule has 1 amide bonds. The van der Waals surface area contributed by atoms with E-state index in [0.29, 0.717) is 11.5 Å². The van der Waals surface area contributed by atoms with Crippen LogP contribution in [0, 0.1) is 12.3 Å². The smallest absolute Gasteiger partial charge is 0.251 e. The number of carbonyl (C=O) groups is 1. The third-order valence-corrected chi connectivity index (χ3v) is 4.31. The van der Waals surface area contributed by atoms with Crippen LogP contribution >= 0.6 is 0 Å². The first kappa shape index (κ1) is 14.9. The van der Waals surface area contributed by atoms with E-state index in [1.165, 1.54) is 12.8 Å². The average molecular weight is 275 g/mol. The van der Waals surface area contributed by atoms with Crippen LogP contribution < -0.4 is 16.6 Å². The van der Waals surface area contributed by atoms with Gasteiger partial charge in [-0.05, 0) is 61.8 Å². The lowest BCUT2D eigenvalue weighted by Gasteiger charge is -2.34. The van der Waals surface area contributed by atoms with Gasteiger partial charge in [0.05, 0.1) is 0 Å². The minimum Gasteiger partial charge on any atom is -0.349 e. The summed E-state index contributed by atoms with van der Waals surface area (Å²) in [6.45, 7) is 6.53. The fourth-order valence-corrected chi connectivity index (χ4v) is 2.81. The van der Waals surface area contributed by atoms with Gasteiger partial charge in [0.2, 0.25) is 0 Å². The van der Waals surface area contributed by atoms with E-state index in [4.69, 9.17) is 5.84 Å². The summed E-state index contributed by atoms with van der Waals surface area (Å²) in [6, 6.07) is 5.85. The highest BCUT2D eigenvalue weighted by Gasteiger charge is 2.27. The summed E-state index contributed by atoms with van der Waals surface area (Å²) in [7, 11) is 0. The minimum atomic E-state index is 0.0239. The second-order valence-corrected chi connectivity index (χ2v) is 6.59. The van der Waals surface area contributed by atoms with Crippen LogP contribution in [0.2, 0.25) is 0 Å². The molecule has 1 saturated carbocycles. The van der Waals surface area contributed by atoms with Gasteiger partial charge in [0, 0.05) is 17.3 Å². The number of benzene rings is 1. The van der Waals surface area contributed by atoms with Gasteiger partial charge in [-0.1, -0.05) is 13.8 Å². The fourth-order valence-electron chi connectivity index (χ4n) is 2.81. The van der Waals surface area contributed by atoms with Crippen LogP contribution in [0.1, 0.15) is 55.5 Å². The van der Waals surface area contributed by atoms with Crippen molar-refractivity contribution < 1.29 is 4.79 Å². The van der Waals surface area contributed by atoms with Gasteiger partial charge in [0.1, 0.15) is 0 Å². The topological polar surface area (TPSA) is 67.1 Å². The lowest BCUT2D eigenvalue weighted by Crippen LogP contribution is -2.39. The summed E-state index contributed by atoms with van der Waals surface area (Å²) >= 11 is 0. The number of rotatable bonds is 3. The molecule has 0 spiro atoms. The molecule has 4 heteroatoms. The molecule has 1 aliphatic rings. The number of carbonyl (C=O) groups excluding carboxylic acids is 1. The molecule has 1 aromatic carbocycles. The van der Waals surface area contributed by atoms with Crippen molar-refractivity contribution in [2.24, 2.45) is 11.3 Å². The average Bonchev–Trinajstić information content (AvgIpc) is 2.40. The summed E-state index contributed by atoms with van der Waals surface area (Å²) in [5.41, 5.74) is 5.50. The number of anilines is 1. The monoisotopic (exact) mass is 275 g/mol. The normalized spacial score (nSPS) is 18.6. The van der Waals surface area contributed by atoms with E-state index in [9.17, 15) is 4.79 Å². The maximum absolute atomic E-state index is 12.3. The van der Waals surface area contributed by atoms with Crippen molar-refractivity contribution in [2.75, 3.05) is 5.43 Å². The summed E-state index contributed by atoms with van der Waals surface area (Å²) in [5.74, 6) is 5.39. The minimum absolute atomic E-state index is 0.0239. The Kier molecular flexibility index (Phi) is 4.33. The zero-order valence-electron chi connectivity index (χ0n) is 12.6. The van der Waals surface area contributed by atoms with Crippen LogP contribution in [-0.4, -0.2) is 11.9 Å². The van der Waals surface area contributed by atoms with Crippen LogP contribution in [0.4, 0.5) is 5.69 Å². The Morgan fingerprint density at radius 3 is 2.50 bits per heavy atom. The fraction of sp³-hybridized carbons (Fsp3) is 0.562. The highest BCUT2D eigenvalue weighted by molar-refractivity contribution is 5.96. The molecule has 2 rings (SSSR count). The van der Waals surface area contributed by atoms with Crippen molar-refractivity contribution in [3.63, 3.8) is 0 Å². The summed E-state index contributed by atoms with van der Waals surface area (Å²) in [5, 5.41) is 3.16. The van der Waals surface area contributed by atoms with Crippen molar-refractivity contribution >= 4 is 11.6 Å². The molecule has 0 radical (unpaired) electrons. The van der Waals surface area contributed by atoms with Crippen molar-refractivity contribution in [2.45, 2.75) is 52.5 Å². The Labute approximate surface area is 121 Å². The highest BCUT2D eigenvalue weighted by atomic mass is 16.1. The molecule has 0 atom stereocenters. The summed E-state index contributed by atoms with van der Waals surface area (Å²) < 4.78 is 0. The maximum Gasteiger partial charge on any atom is 0.251 e. The van der Waals surface area contributed by atoms with Crippen molar-refractivity contribution in [1.29, 1.82) is 0 Å². The first-order chi connectivity index (χ1) is 9.41. The van der Waals surface area contributed by atoms with Gasteiger partial charge in [0.25, 0.3) is 5.91 Å². The van der Waals surface area contributed by atoms with Gasteiger partial charge in [-0.15, -0.1) is 0 Å². The Hall–Kier alpha value is -1.55. The van der Waals surface area contributed by atoms with Crippen LogP contribution in [0.15, 0.2) is 18.2 Å². The predicted octanol–water partition coefficient (Wildman–Crippen LogP) is 2.98. The van der Waals surface area contributed by atoms with E-state index in [-0.39, 0.29) is 5.91 Å². The number of nitrogens with one attached hydrogen (secondary N) is 2. The van der Waals surface area contributed by atoms with E-state index in [1.807, 2.05) is 25.1 Å². The Morgan fingerprint density at radius 1 is 1.30 bits per heavy atom. The Balaban J connectivity index is 1.99. The van der Waals surface area contributed by atoms with Gasteiger partial charge in [-0.3, -0.25) is 10.6 Å². The van der Waals surface area contributed by atoms with Crippen molar-refractivity contribution in [3.05, 3.63) is 29.3 Å². The molecule has 0 saturated heterocycles. The number of nitrogens with two attached hydrogens (primary N) is 1. The largest absolute Gasteiger partial charge is 0.349 e. The van der Waals surface area contributed by atoms with Gasteiger partial charge < -0.3 is 10.7 Å². The van der Waals surface area contributed by atoms with E-state index in [1.54, 1.807) is 0 Å². The molecule has 110 valence electrons. The van der Waals surface area contributed by atoms with E-state index in [2.05, 4.69) is 24.6 Å². The number of aryl methyl sites for hydroxylation is 1. The third-order valence-electron chi connectivity index (χ3n) is 4.31.